The highest BCUT2D eigenvalue weighted by Gasteiger charge is 2.27. The number of nitrogens with zero attached hydrogens (tertiary/aromatic N) is 1. The zero-order valence-electron chi connectivity index (χ0n) is 16.2. The number of benzene rings is 2. The number of rotatable bonds is 4. The Kier molecular flexibility index (Phi) is 5.72. The summed E-state index contributed by atoms with van der Waals surface area (Å²) in [5.41, 5.74) is 3.37. The van der Waals surface area contributed by atoms with Crippen molar-refractivity contribution < 1.29 is 14.5 Å². The van der Waals surface area contributed by atoms with Crippen LogP contribution in [0.1, 0.15) is 40.4 Å². The first-order valence-electron chi connectivity index (χ1n) is 10.3. The molecule has 0 bridgehead atoms. The molecule has 1 atom stereocenters. The molecule has 0 aromatic heterocycles. The van der Waals surface area contributed by atoms with Crippen molar-refractivity contribution in [2.24, 2.45) is 0 Å². The molecule has 5 heteroatoms. The average Bonchev–Trinajstić information content (AvgIpc) is 2.75. The Balaban J connectivity index is 1.27. The molecule has 0 spiro atoms. The summed E-state index contributed by atoms with van der Waals surface area (Å²) in [5.74, 6) is 0.197. The molecule has 0 unspecified atom stereocenters. The normalized spacial score (nSPS) is 19.7. The number of hydrogen-bond donors (Lipinski definition) is 2. The number of amides is 2. The maximum absolute atomic E-state index is 12.6. The van der Waals surface area contributed by atoms with Gasteiger partial charge in [-0.25, -0.2) is 0 Å². The standard InChI is InChI=1S/C23H27N3O2/c27-22(24-21-12-6-10-18-7-4-5-11-20(18)21)17-25-13-15-26(16-14-25)23(28)19-8-2-1-3-9-19/h1-5,7-9,11,21H,6,10,12-17H2,(H,24,27)/p+1/t21-/m0/s1. The van der Waals surface area contributed by atoms with Crippen molar-refractivity contribution >= 4 is 11.8 Å². The number of hydrogen-bond acceptors (Lipinski definition) is 2. The SMILES string of the molecule is O=C(C[NH+]1CCN(C(=O)c2ccccc2)CC1)N[C@H]1CCCc2ccccc21. The van der Waals surface area contributed by atoms with E-state index in [2.05, 4.69) is 29.6 Å². The van der Waals surface area contributed by atoms with Crippen LogP contribution in [0.25, 0.3) is 0 Å². The van der Waals surface area contributed by atoms with Crippen molar-refractivity contribution in [2.45, 2.75) is 25.3 Å². The summed E-state index contributed by atoms with van der Waals surface area (Å²) in [4.78, 5) is 28.3. The Morgan fingerprint density at radius 3 is 2.50 bits per heavy atom. The molecule has 2 amide bonds. The first-order valence-corrected chi connectivity index (χ1v) is 10.3. The third-order valence-corrected chi connectivity index (χ3v) is 5.89. The fourth-order valence-electron chi connectivity index (χ4n) is 4.34. The van der Waals surface area contributed by atoms with Crippen molar-refractivity contribution in [1.82, 2.24) is 10.2 Å². The first kappa shape index (κ1) is 18.7. The summed E-state index contributed by atoms with van der Waals surface area (Å²) in [7, 11) is 0. The molecule has 2 aromatic rings. The zero-order chi connectivity index (χ0) is 19.3. The van der Waals surface area contributed by atoms with Crippen molar-refractivity contribution in [3.63, 3.8) is 0 Å². The van der Waals surface area contributed by atoms with Crippen LogP contribution < -0.4 is 10.2 Å². The molecule has 0 radical (unpaired) electrons. The molecule has 146 valence electrons. The van der Waals surface area contributed by atoms with Gasteiger partial charge in [0.05, 0.1) is 32.2 Å². The van der Waals surface area contributed by atoms with Gasteiger partial charge in [-0.2, -0.15) is 0 Å². The Bertz CT molecular complexity index is 829. The van der Waals surface area contributed by atoms with Crippen LogP contribution in [0.15, 0.2) is 54.6 Å². The maximum atomic E-state index is 12.6. The van der Waals surface area contributed by atoms with E-state index in [0.29, 0.717) is 19.6 Å². The van der Waals surface area contributed by atoms with Gasteiger partial charge in [0.15, 0.2) is 6.54 Å². The average molecular weight is 378 g/mol. The summed E-state index contributed by atoms with van der Waals surface area (Å²) >= 11 is 0. The van der Waals surface area contributed by atoms with E-state index in [1.54, 1.807) is 0 Å². The topological polar surface area (TPSA) is 53.9 Å². The smallest absolute Gasteiger partial charge is 0.275 e. The Hall–Kier alpha value is -2.66. The van der Waals surface area contributed by atoms with Crippen molar-refractivity contribution in [3.05, 3.63) is 71.3 Å². The summed E-state index contributed by atoms with van der Waals surface area (Å²) in [6.07, 6.45) is 3.23. The molecule has 1 saturated heterocycles. The second-order valence-corrected chi connectivity index (χ2v) is 7.80. The third kappa shape index (κ3) is 4.25. The molecule has 4 rings (SSSR count). The molecule has 2 aliphatic rings. The van der Waals surface area contributed by atoms with Crippen LogP contribution in [0.5, 0.6) is 0 Å². The van der Waals surface area contributed by atoms with Gasteiger partial charge < -0.3 is 15.1 Å². The van der Waals surface area contributed by atoms with Gasteiger partial charge in [-0.05, 0) is 42.5 Å². The van der Waals surface area contributed by atoms with Crippen LogP contribution in [-0.2, 0) is 11.2 Å². The number of aryl methyl sites for hydroxylation is 1. The molecule has 1 fully saturated rings. The van der Waals surface area contributed by atoms with Gasteiger partial charge in [0.1, 0.15) is 0 Å². The van der Waals surface area contributed by atoms with Crippen LogP contribution >= 0.6 is 0 Å². The molecule has 2 aromatic carbocycles. The van der Waals surface area contributed by atoms with E-state index >= 15 is 0 Å². The quantitative estimate of drug-likeness (QED) is 0.841. The predicted molar refractivity (Wildman–Crippen MR) is 108 cm³/mol. The largest absolute Gasteiger partial charge is 0.344 e. The fourth-order valence-corrected chi connectivity index (χ4v) is 4.34. The summed E-state index contributed by atoms with van der Waals surface area (Å²) < 4.78 is 0. The minimum absolute atomic E-state index is 0.0860. The molecule has 2 N–H and O–H groups in total. The summed E-state index contributed by atoms with van der Waals surface area (Å²) in [6.45, 7) is 3.50. The highest BCUT2D eigenvalue weighted by molar-refractivity contribution is 5.94. The van der Waals surface area contributed by atoms with E-state index in [9.17, 15) is 9.59 Å². The van der Waals surface area contributed by atoms with E-state index in [1.807, 2.05) is 35.2 Å². The Labute approximate surface area is 166 Å². The van der Waals surface area contributed by atoms with Gasteiger partial charge >= 0.3 is 0 Å². The monoisotopic (exact) mass is 378 g/mol. The Morgan fingerprint density at radius 1 is 1.00 bits per heavy atom. The lowest BCUT2D eigenvalue weighted by molar-refractivity contribution is -0.896. The van der Waals surface area contributed by atoms with Crippen LogP contribution in [-0.4, -0.2) is 49.4 Å². The number of fused-ring (bicyclic) bond motifs is 1. The van der Waals surface area contributed by atoms with Gasteiger partial charge in [0.25, 0.3) is 11.8 Å². The van der Waals surface area contributed by atoms with Crippen LogP contribution in [0, 0.1) is 0 Å². The minimum atomic E-state index is 0.0860. The molecule has 1 heterocycles. The second kappa shape index (κ2) is 8.57. The van der Waals surface area contributed by atoms with E-state index < -0.39 is 0 Å². The molecule has 28 heavy (non-hydrogen) atoms. The lowest BCUT2D eigenvalue weighted by Gasteiger charge is -2.32. The van der Waals surface area contributed by atoms with E-state index in [0.717, 1.165) is 37.9 Å². The molecular weight excluding hydrogens is 350 g/mol. The maximum Gasteiger partial charge on any atom is 0.275 e. The number of carbonyl (C=O) groups is 2. The van der Waals surface area contributed by atoms with E-state index in [-0.39, 0.29) is 17.9 Å². The number of carbonyl (C=O) groups excluding carboxylic acids is 2. The predicted octanol–water partition coefficient (Wildman–Crippen LogP) is 1.22. The molecule has 0 saturated carbocycles. The van der Waals surface area contributed by atoms with Crippen molar-refractivity contribution in [1.29, 1.82) is 0 Å². The molecular formula is C23H28N3O2+. The van der Waals surface area contributed by atoms with E-state index in [4.69, 9.17) is 0 Å². The third-order valence-electron chi connectivity index (χ3n) is 5.89. The lowest BCUT2D eigenvalue weighted by Crippen LogP contribution is -3.15. The van der Waals surface area contributed by atoms with Crippen LogP contribution in [0.4, 0.5) is 0 Å². The lowest BCUT2D eigenvalue weighted by atomic mass is 9.88. The van der Waals surface area contributed by atoms with E-state index in [1.165, 1.54) is 16.0 Å². The van der Waals surface area contributed by atoms with Gasteiger partial charge in [0, 0.05) is 5.56 Å². The van der Waals surface area contributed by atoms with Crippen molar-refractivity contribution in [3.8, 4) is 0 Å². The second-order valence-electron chi connectivity index (χ2n) is 7.80. The van der Waals surface area contributed by atoms with Gasteiger partial charge in [-0.1, -0.05) is 42.5 Å². The molecule has 1 aliphatic heterocycles. The zero-order valence-corrected chi connectivity index (χ0v) is 16.2. The number of nitrogens with one attached hydrogen (secondary N) is 2. The highest BCUT2D eigenvalue weighted by Crippen LogP contribution is 2.29. The number of quaternary nitrogens is 1. The fraction of sp³-hybridized carbons (Fsp3) is 0.391. The van der Waals surface area contributed by atoms with Gasteiger partial charge in [-0.3, -0.25) is 9.59 Å². The van der Waals surface area contributed by atoms with Gasteiger partial charge in [-0.15, -0.1) is 0 Å². The van der Waals surface area contributed by atoms with Crippen LogP contribution in [0.3, 0.4) is 0 Å². The first-order chi connectivity index (χ1) is 13.7. The number of piperazine rings is 1. The molecule has 1 aliphatic carbocycles. The van der Waals surface area contributed by atoms with Gasteiger partial charge in [0.2, 0.25) is 0 Å². The highest BCUT2D eigenvalue weighted by atomic mass is 16.2. The minimum Gasteiger partial charge on any atom is -0.344 e. The van der Waals surface area contributed by atoms with Crippen molar-refractivity contribution in [2.75, 3.05) is 32.7 Å². The summed E-state index contributed by atoms with van der Waals surface area (Å²) in [6, 6.07) is 18.0. The Morgan fingerprint density at radius 2 is 1.71 bits per heavy atom. The summed E-state index contributed by atoms with van der Waals surface area (Å²) in [5, 5.41) is 3.24. The van der Waals surface area contributed by atoms with Crippen LogP contribution in [0.2, 0.25) is 0 Å². The molecule has 5 nitrogen and oxygen atoms in total.